The van der Waals surface area contributed by atoms with E-state index < -0.39 is 0 Å². The highest BCUT2D eigenvalue weighted by Gasteiger charge is 2.35. The molecule has 61 heavy (non-hydrogen) atoms. The van der Waals surface area contributed by atoms with Gasteiger partial charge >= 0.3 is 0 Å². The van der Waals surface area contributed by atoms with Crippen molar-refractivity contribution in [1.29, 1.82) is 0 Å². The Morgan fingerprint density at radius 2 is 0.705 bits per heavy atom. The number of hydrogen-bond acceptors (Lipinski definition) is 0. The minimum absolute atomic E-state index is 0.0470. The lowest BCUT2D eigenvalue weighted by atomic mass is 9.81. The van der Waals surface area contributed by atoms with Gasteiger partial charge in [-0.1, -0.05) is 196 Å². The van der Waals surface area contributed by atoms with Crippen molar-refractivity contribution in [3.05, 3.63) is 230 Å². The summed E-state index contributed by atoms with van der Waals surface area (Å²) in [6.45, 7) is 4.72. The van der Waals surface area contributed by atoms with Gasteiger partial charge in [0, 0.05) is 5.41 Å². The molecule has 0 fully saturated rings. The average molecular weight is 775 g/mol. The Hall–Kier alpha value is -7.54. The van der Waals surface area contributed by atoms with Gasteiger partial charge in [0.25, 0.3) is 0 Å². The van der Waals surface area contributed by atoms with Crippen LogP contribution in [0.25, 0.3) is 110 Å². The molecule has 0 nitrogen and oxygen atoms in total. The lowest BCUT2D eigenvalue weighted by molar-refractivity contribution is 0.660. The molecule has 0 N–H and O–H groups in total. The van der Waals surface area contributed by atoms with Gasteiger partial charge in [-0.25, -0.2) is 0 Å². The molecule has 0 amide bonds. The van der Waals surface area contributed by atoms with Gasteiger partial charge < -0.3 is 0 Å². The van der Waals surface area contributed by atoms with Crippen LogP contribution in [0, 0.1) is 0 Å². The monoisotopic (exact) mass is 774 g/mol. The van der Waals surface area contributed by atoms with Gasteiger partial charge in [0.2, 0.25) is 0 Å². The van der Waals surface area contributed by atoms with Crippen LogP contribution in [0.4, 0.5) is 0 Å². The molecule has 11 aromatic rings. The van der Waals surface area contributed by atoms with E-state index in [0.29, 0.717) is 0 Å². The molecule has 0 heterocycles. The molecule has 0 aromatic heterocycles. The van der Waals surface area contributed by atoms with E-state index in [9.17, 15) is 0 Å². The predicted octanol–water partition coefficient (Wildman–Crippen LogP) is 16.9. The van der Waals surface area contributed by atoms with Crippen LogP contribution in [0.15, 0.2) is 218 Å². The van der Waals surface area contributed by atoms with Gasteiger partial charge in [0.1, 0.15) is 0 Å². The van der Waals surface area contributed by atoms with E-state index in [-0.39, 0.29) is 5.41 Å². The number of rotatable bonds is 5. The summed E-state index contributed by atoms with van der Waals surface area (Å²) >= 11 is 0. The summed E-state index contributed by atoms with van der Waals surface area (Å²) in [7, 11) is 0. The fraction of sp³-hybridized carbons (Fsp3) is 0.0492. The first-order valence-electron chi connectivity index (χ1n) is 21.4. The molecule has 0 aliphatic heterocycles. The molecule has 12 rings (SSSR count). The minimum Gasteiger partial charge on any atom is -0.0622 e. The molecule has 11 aromatic carbocycles. The lowest BCUT2D eigenvalue weighted by Gasteiger charge is -2.22. The molecule has 286 valence electrons. The van der Waals surface area contributed by atoms with Crippen LogP contribution in [0.5, 0.6) is 0 Å². The number of hydrogen-bond donors (Lipinski definition) is 0. The van der Waals surface area contributed by atoms with E-state index >= 15 is 0 Å². The first-order valence-corrected chi connectivity index (χ1v) is 21.4. The summed E-state index contributed by atoms with van der Waals surface area (Å²) in [5.74, 6) is 0. The molecule has 0 atom stereocenters. The largest absolute Gasteiger partial charge is 0.0622 e. The molecule has 0 unspecified atom stereocenters. The van der Waals surface area contributed by atoms with E-state index in [1.807, 2.05) is 0 Å². The maximum absolute atomic E-state index is 2.44. The van der Waals surface area contributed by atoms with Crippen LogP contribution in [-0.4, -0.2) is 0 Å². The van der Waals surface area contributed by atoms with Crippen molar-refractivity contribution in [2.24, 2.45) is 0 Å². The van der Waals surface area contributed by atoms with Crippen LogP contribution >= 0.6 is 0 Å². The Kier molecular flexibility index (Phi) is 7.99. The highest BCUT2D eigenvalue weighted by Crippen LogP contribution is 2.50. The summed E-state index contributed by atoms with van der Waals surface area (Å²) in [6, 6.07) is 81.3. The van der Waals surface area contributed by atoms with E-state index in [1.54, 1.807) is 0 Å². The topological polar surface area (TPSA) is 0 Å². The van der Waals surface area contributed by atoms with Gasteiger partial charge in [-0.2, -0.15) is 0 Å². The van der Waals surface area contributed by atoms with Crippen molar-refractivity contribution in [3.8, 4) is 66.8 Å². The van der Waals surface area contributed by atoms with Crippen molar-refractivity contribution < 1.29 is 0 Å². The Morgan fingerprint density at radius 1 is 0.230 bits per heavy atom. The Bertz CT molecular complexity index is 3530. The normalized spacial score (nSPS) is 12.9. The average Bonchev–Trinajstić information content (AvgIpc) is 3.55. The van der Waals surface area contributed by atoms with Crippen molar-refractivity contribution in [1.82, 2.24) is 0 Å². The summed E-state index contributed by atoms with van der Waals surface area (Å²) < 4.78 is 0. The summed E-state index contributed by atoms with van der Waals surface area (Å²) in [6.07, 6.45) is 0. The minimum atomic E-state index is -0.0470. The molecule has 0 heteroatoms. The zero-order chi connectivity index (χ0) is 40.7. The van der Waals surface area contributed by atoms with Crippen LogP contribution in [-0.2, 0) is 5.41 Å². The smallest absolute Gasteiger partial charge is 0.0159 e. The SMILES string of the molecule is CC1(C)c2ccccc2-c2ccc(-c3ccc(-c4ccc5c(c4)cc(-c4ccccc4)c4cc(-c6cc7ccccc7cc6-c6ccccc6)ccc45)c4ccccc34)cc21. The van der Waals surface area contributed by atoms with Crippen molar-refractivity contribution >= 4 is 43.1 Å². The fourth-order valence-corrected chi connectivity index (χ4v) is 10.4. The Labute approximate surface area is 357 Å². The van der Waals surface area contributed by atoms with Crippen molar-refractivity contribution in [3.63, 3.8) is 0 Å². The van der Waals surface area contributed by atoms with Gasteiger partial charge in [0.15, 0.2) is 0 Å². The highest BCUT2D eigenvalue weighted by molar-refractivity contribution is 6.16. The molecule has 1 aliphatic rings. The zero-order valence-corrected chi connectivity index (χ0v) is 34.3. The third-order valence-corrected chi connectivity index (χ3v) is 13.4. The lowest BCUT2D eigenvalue weighted by Crippen LogP contribution is -2.14. The second-order valence-corrected chi connectivity index (χ2v) is 17.2. The summed E-state index contributed by atoms with van der Waals surface area (Å²) in [4.78, 5) is 0. The first kappa shape index (κ1) is 35.4. The van der Waals surface area contributed by atoms with Crippen molar-refractivity contribution in [2.45, 2.75) is 19.3 Å². The molecule has 0 saturated heterocycles. The molecule has 1 aliphatic carbocycles. The summed E-state index contributed by atoms with van der Waals surface area (Å²) in [5, 5.41) is 10.0. The van der Waals surface area contributed by atoms with Gasteiger partial charge in [0.05, 0.1) is 0 Å². The second kappa shape index (κ2) is 13.8. The van der Waals surface area contributed by atoms with Gasteiger partial charge in [-0.05, 0) is 157 Å². The van der Waals surface area contributed by atoms with E-state index in [4.69, 9.17) is 0 Å². The predicted molar refractivity (Wildman–Crippen MR) is 261 cm³/mol. The van der Waals surface area contributed by atoms with Crippen LogP contribution in [0.1, 0.15) is 25.0 Å². The first-order chi connectivity index (χ1) is 30.0. The third-order valence-electron chi connectivity index (χ3n) is 13.4. The fourth-order valence-electron chi connectivity index (χ4n) is 10.4. The summed E-state index contributed by atoms with van der Waals surface area (Å²) in [5.41, 5.74) is 17.9. The number of benzene rings is 11. The standard InChI is InChI=1S/C61H42/c1-61(2)59-24-14-13-23-53(59)54-30-27-45(38-60(54)61)48-32-31-47(50-21-11-12-22-51(48)50)43-25-28-49-46(33-43)37-56(40-17-7-4-8-18-40)58-36-44(26-29-52(49)58)57-35-42-20-10-9-19-41(42)34-55(57)39-15-5-3-6-16-39/h3-38H,1-2H3. The third kappa shape index (κ3) is 5.67. The van der Waals surface area contributed by atoms with Crippen molar-refractivity contribution in [2.75, 3.05) is 0 Å². The zero-order valence-electron chi connectivity index (χ0n) is 34.3. The molecule has 0 saturated carbocycles. The van der Waals surface area contributed by atoms with Crippen LogP contribution in [0.3, 0.4) is 0 Å². The van der Waals surface area contributed by atoms with Gasteiger partial charge in [-0.3, -0.25) is 0 Å². The maximum Gasteiger partial charge on any atom is 0.0159 e. The van der Waals surface area contributed by atoms with E-state index in [0.717, 1.165) is 0 Å². The van der Waals surface area contributed by atoms with E-state index in [1.165, 1.54) is 121 Å². The Balaban J connectivity index is 1.01. The van der Waals surface area contributed by atoms with E-state index in [2.05, 4.69) is 232 Å². The number of fused-ring (bicyclic) bond motifs is 8. The highest BCUT2D eigenvalue weighted by atomic mass is 14.4. The molecular formula is C61H42. The van der Waals surface area contributed by atoms with Crippen LogP contribution < -0.4 is 0 Å². The maximum atomic E-state index is 2.44. The van der Waals surface area contributed by atoms with Crippen LogP contribution in [0.2, 0.25) is 0 Å². The molecule has 0 bridgehead atoms. The quantitative estimate of drug-likeness (QED) is 0.153. The molecular weight excluding hydrogens is 733 g/mol. The molecule has 0 spiro atoms. The Morgan fingerprint density at radius 3 is 1.39 bits per heavy atom. The van der Waals surface area contributed by atoms with Gasteiger partial charge in [-0.15, -0.1) is 0 Å². The molecule has 0 radical (unpaired) electrons. The second-order valence-electron chi connectivity index (χ2n) is 17.2.